The molecule has 0 saturated heterocycles. The largest absolute Gasteiger partial charge is 0.381 e. The Balaban J connectivity index is 3.29. The van der Waals surface area contributed by atoms with E-state index in [1.165, 1.54) is 19.3 Å². The van der Waals surface area contributed by atoms with Gasteiger partial charge in [-0.05, 0) is 38.5 Å². The zero-order chi connectivity index (χ0) is 20.3. The fourth-order valence-electron chi connectivity index (χ4n) is 3.16. The SMILES string of the molecule is CCCC(CC)C(=O)NCCCCCCCOCCCCCC(=O)C(C)C. The second-order valence-corrected chi connectivity index (χ2v) is 8.00. The topological polar surface area (TPSA) is 55.4 Å². The molecule has 0 saturated carbocycles. The molecule has 1 unspecified atom stereocenters. The van der Waals surface area contributed by atoms with Crippen LogP contribution in [0.15, 0.2) is 0 Å². The summed E-state index contributed by atoms with van der Waals surface area (Å²) >= 11 is 0. The molecule has 160 valence electrons. The summed E-state index contributed by atoms with van der Waals surface area (Å²) in [6.07, 6.45) is 12.6. The molecule has 0 aliphatic carbocycles. The second kappa shape index (κ2) is 18.5. The van der Waals surface area contributed by atoms with E-state index in [0.29, 0.717) is 5.78 Å². The number of ether oxygens (including phenoxy) is 1. The van der Waals surface area contributed by atoms with Crippen LogP contribution in [0.25, 0.3) is 0 Å². The maximum atomic E-state index is 12.0. The fraction of sp³-hybridized carbons (Fsp3) is 0.913. The molecule has 0 aliphatic rings. The normalized spacial score (nSPS) is 12.3. The molecular formula is C23H45NO3. The third-order valence-corrected chi connectivity index (χ3v) is 5.12. The van der Waals surface area contributed by atoms with E-state index < -0.39 is 0 Å². The van der Waals surface area contributed by atoms with E-state index >= 15 is 0 Å². The van der Waals surface area contributed by atoms with E-state index in [2.05, 4.69) is 19.2 Å². The first-order valence-corrected chi connectivity index (χ1v) is 11.4. The zero-order valence-corrected chi connectivity index (χ0v) is 18.5. The third-order valence-electron chi connectivity index (χ3n) is 5.12. The summed E-state index contributed by atoms with van der Waals surface area (Å²) in [6, 6.07) is 0. The van der Waals surface area contributed by atoms with Gasteiger partial charge in [-0.1, -0.05) is 59.8 Å². The number of hydrogen-bond acceptors (Lipinski definition) is 3. The quantitative estimate of drug-likeness (QED) is 0.292. The van der Waals surface area contributed by atoms with E-state index in [4.69, 9.17) is 4.74 Å². The van der Waals surface area contributed by atoms with Gasteiger partial charge in [0.25, 0.3) is 0 Å². The highest BCUT2D eigenvalue weighted by atomic mass is 16.5. The lowest BCUT2D eigenvalue weighted by Crippen LogP contribution is -2.31. The molecule has 1 N–H and O–H groups in total. The minimum absolute atomic E-state index is 0.173. The molecule has 0 radical (unpaired) electrons. The Morgan fingerprint density at radius 3 is 2.04 bits per heavy atom. The molecule has 0 aromatic rings. The van der Waals surface area contributed by atoms with Crippen molar-refractivity contribution in [3.05, 3.63) is 0 Å². The Morgan fingerprint density at radius 2 is 1.44 bits per heavy atom. The number of nitrogens with one attached hydrogen (secondary N) is 1. The monoisotopic (exact) mass is 383 g/mol. The van der Waals surface area contributed by atoms with Crippen LogP contribution < -0.4 is 5.32 Å². The Hall–Kier alpha value is -0.900. The number of hydrogen-bond donors (Lipinski definition) is 1. The Bertz CT molecular complexity index is 369. The molecule has 1 amide bonds. The van der Waals surface area contributed by atoms with E-state index in [1.807, 2.05) is 13.8 Å². The molecule has 0 aromatic heterocycles. The Kier molecular flexibility index (Phi) is 17.8. The molecule has 0 rings (SSSR count). The van der Waals surface area contributed by atoms with Gasteiger partial charge in [0.15, 0.2) is 0 Å². The Labute approximate surface area is 168 Å². The number of amides is 1. The van der Waals surface area contributed by atoms with Crippen LogP contribution in [0, 0.1) is 11.8 Å². The highest BCUT2D eigenvalue weighted by Gasteiger charge is 2.14. The number of rotatable bonds is 19. The van der Waals surface area contributed by atoms with Gasteiger partial charge in [-0.15, -0.1) is 0 Å². The van der Waals surface area contributed by atoms with Gasteiger partial charge in [0.2, 0.25) is 5.91 Å². The molecule has 4 heteroatoms. The molecule has 0 spiro atoms. The van der Waals surface area contributed by atoms with Crippen molar-refractivity contribution >= 4 is 11.7 Å². The lowest BCUT2D eigenvalue weighted by molar-refractivity contribution is -0.125. The zero-order valence-electron chi connectivity index (χ0n) is 18.5. The summed E-state index contributed by atoms with van der Waals surface area (Å²) in [5.74, 6) is 0.984. The molecule has 0 aromatic carbocycles. The highest BCUT2D eigenvalue weighted by molar-refractivity contribution is 5.80. The Morgan fingerprint density at radius 1 is 0.852 bits per heavy atom. The van der Waals surface area contributed by atoms with Crippen LogP contribution >= 0.6 is 0 Å². The molecule has 0 aliphatic heterocycles. The highest BCUT2D eigenvalue weighted by Crippen LogP contribution is 2.11. The fourth-order valence-corrected chi connectivity index (χ4v) is 3.16. The van der Waals surface area contributed by atoms with Crippen LogP contribution in [0.3, 0.4) is 0 Å². The first-order chi connectivity index (χ1) is 13.0. The lowest BCUT2D eigenvalue weighted by Gasteiger charge is -2.13. The second-order valence-electron chi connectivity index (χ2n) is 8.00. The van der Waals surface area contributed by atoms with Crippen molar-refractivity contribution in [3.8, 4) is 0 Å². The van der Waals surface area contributed by atoms with E-state index in [0.717, 1.165) is 77.5 Å². The summed E-state index contributed by atoms with van der Waals surface area (Å²) in [4.78, 5) is 23.5. The molecule has 0 heterocycles. The van der Waals surface area contributed by atoms with Crippen molar-refractivity contribution in [2.45, 2.75) is 105 Å². The van der Waals surface area contributed by atoms with Gasteiger partial charge in [0.1, 0.15) is 5.78 Å². The van der Waals surface area contributed by atoms with Gasteiger partial charge in [-0.3, -0.25) is 9.59 Å². The van der Waals surface area contributed by atoms with Crippen LogP contribution in [0.1, 0.15) is 105 Å². The summed E-state index contributed by atoms with van der Waals surface area (Å²) in [5.41, 5.74) is 0. The number of carbonyl (C=O) groups excluding carboxylic acids is 2. The van der Waals surface area contributed by atoms with Gasteiger partial charge >= 0.3 is 0 Å². The van der Waals surface area contributed by atoms with Gasteiger partial charge in [0, 0.05) is 38.0 Å². The van der Waals surface area contributed by atoms with E-state index in [1.54, 1.807) is 0 Å². The first-order valence-electron chi connectivity index (χ1n) is 11.4. The molecular weight excluding hydrogens is 338 g/mol. The van der Waals surface area contributed by atoms with Crippen molar-refractivity contribution in [2.75, 3.05) is 19.8 Å². The van der Waals surface area contributed by atoms with Crippen LogP contribution in [-0.2, 0) is 14.3 Å². The average molecular weight is 384 g/mol. The van der Waals surface area contributed by atoms with Gasteiger partial charge in [-0.2, -0.15) is 0 Å². The number of unbranched alkanes of at least 4 members (excludes halogenated alkanes) is 6. The number of carbonyl (C=O) groups is 2. The van der Waals surface area contributed by atoms with Crippen LogP contribution in [-0.4, -0.2) is 31.4 Å². The van der Waals surface area contributed by atoms with Crippen molar-refractivity contribution in [1.29, 1.82) is 0 Å². The predicted octanol–water partition coefficient (Wildman–Crippen LogP) is 5.68. The van der Waals surface area contributed by atoms with Crippen LogP contribution in [0.4, 0.5) is 0 Å². The van der Waals surface area contributed by atoms with Crippen LogP contribution in [0.2, 0.25) is 0 Å². The molecule has 27 heavy (non-hydrogen) atoms. The van der Waals surface area contributed by atoms with Crippen molar-refractivity contribution < 1.29 is 14.3 Å². The minimum atomic E-state index is 0.173. The minimum Gasteiger partial charge on any atom is -0.381 e. The molecule has 0 fully saturated rings. The maximum Gasteiger partial charge on any atom is 0.223 e. The molecule has 4 nitrogen and oxygen atoms in total. The van der Waals surface area contributed by atoms with Crippen molar-refractivity contribution in [3.63, 3.8) is 0 Å². The van der Waals surface area contributed by atoms with E-state index in [-0.39, 0.29) is 17.7 Å². The number of ketones is 1. The van der Waals surface area contributed by atoms with E-state index in [9.17, 15) is 9.59 Å². The predicted molar refractivity (Wildman–Crippen MR) is 114 cm³/mol. The van der Waals surface area contributed by atoms with Crippen molar-refractivity contribution in [2.24, 2.45) is 11.8 Å². The average Bonchev–Trinajstić information content (AvgIpc) is 2.65. The number of Topliss-reactive ketones (excluding diaryl/α,β-unsaturated/α-hetero) is 1. The van der Waals surface area contributed by atoms with Gasteiger partial charge in [-0.25, -0.2) is 0 Å². The first kappa shape index (κ1) is 26.1. The molecule has 1 atom stereocenters. The van der Waals surface area contributed by atoms with Gasteiger partial charge in [0.05, 0.1) is 0 Å². The van der Waals surface area contributed by atoms with Crippen molar-refractivity contribution in [1.82, 2.24) is 5.32 Å². The lowest BCUT2D eigenvalue weighted by atomic mass is 10.00. The van der Waals surface area contributed by atoms with Crippen LogP contribution in [0.5, 0.6) is 0 Å². The standard InChI is InChI=1S/C23H45NO3/c1-5-15-21(6-2)23(26)24-17-12-8-7-9-13-18-27-19-14-10-11-16-22(25)20(3)4/h20-21H,5-19H2,1-4H3,(H,24,26). The summed E-state index contributed by atoms with van der Waals surface area (Å²) in [6.45, 7) is 10.6. The molecule has 0 bridgehead atoms. The summed E-state index contributed by atoms with van der Waals surface area (Å²) in [5, 5.41) is 3.08. The summed E-state index contributed by atoms with van der Waals surface area (Å²) in [7, 11) is 0. The maximum absolute atomic E-state index is 12.0. The summed E-state index contributed by atoms with van der Waals surface area (Å²) < 4.78 is 5.67. The smallest absolute Gasteiger partial charge is 0.223 e. The van der Waals surface area contributed by atoms with Gasteiger partial charge < -0.3 is 10.1 Å². The third kappa shape index (κ3) is 15.8.